The van der Waals surface area contributed by atoms with E-state index in [0.717, 1.165) is 36.9 Å². The van der Waals surface area contributed by atoms with E-state index in [0.29, 0.717) is 13.1 Å². The topological polar surface area (TPSA) is 79.2 Å². The first-order valence-electron chi connectivity index (χ1n) is 7.99. The molecule has 124 valence electrons. The Balaban J connectivity index is 1.53. The monoisotopic (exact) mass is 334 g/mol. The number of nitrogens with one attached hydrogen (secondary N) is 2. The number of carbonyl (C=O) groups excluding carboxylic acids is 1. The standard InChI is InChI=1S/C16H22N4O2S/c21-8-7-20-15-3-1-2-14(13(15)10-18-20)19-16(22)17-6-4-12-5-9-23-11-12/h5,9-11,14,21H,1-4,6-8H2,(H2,17,19,22)/t14-/m0/s1. The van der Waals surface area contributed by atoms with Crippen molar-refractivity contribution in [2.45, 2.75) is 38.3 Å². The lowest BCUT2D eigenvalue weighted by Gasteiger charge is -2.24. The first-order chi connectivity index (χ1) is 11.3. The van der Waals surface area contributed by atoms with Crippen molar-refractivity contribution < 1.29 is 9.90 Å². The van der Waals surface area contributed by atoms with Crippen LogP contribution in [-0.4, -0.2) is 34.1 Å². The molecule has 0 bridgehead atoms. The number of hydrogen-bond donors (Lipinski definition) is 3. The molecule has 2 aromatic rings. The zero-order chi connectivity index (χ0) is 16.1. The van der Waals surface area contributed by atoms with Crippen LogP contribution in [0.3, 0.4) is 0 Å². The van der Waals surface area contributed by atoms with Crippen LogP contribution < -0.4 is 10.6 Å². The van der Waals surface area contributed by atoms with Crippen LogP contribution >= 0.6 is 11.3 Å². The molecule has 0 unspecified atom stereocenters. The third-order valence-electron chi connectivity index (χ3n) is 4.16. The molecule has 2 aromatic heterocycles. The van der Waals surface area contributed by atoms with Gasteiger partial charge in [-0.05, 0) is 48.1 Å². The van der Waals surface area contributed by atoms with Gasteiger partial charge in [-0.2, -0.15) is 16.4 Å². The van der Waals surface area contributed by atoms with Gasteiger partial charge in [0.15, 0.2) is 0 Å². The smallest absolute Gasteiger partial charge is 0.315 e. The van der Waals surface area contributed by atoms with Crippen molar-refractivity contribution in [1.29, 1.82) is 0 Å². The minimum Gasteiger partial charge on any atom is -0.394 e. The maximum Gasteiger partial charge on any atom is 0.315 e. The molecule has 2 amide bonds. The molecular weight excluding hydrogens is 312 g/mol. The SMILES string of the molecule is O=C(NCCc1ccsc1)N[C@H]1CCCc2c1cnn2CCO. The van der Waals surface area contributed by atoms with Crippen LogP contribution in [0, 0.1) is 0 Å². The van der Waals surface area contributed by atoms with Gasteiger partial charge >= 0.3 is 6.03 Å². The summed E-state index contributed by atoms with van der Waals surface area (Å²) in [7, 11) is 0. The fraction of sp³-hybridized carbons (Fsp3) is 0.500. The second-order valence-electron chi connectivity index (χ2n) is 5.72. The molecule has 6 nitrogen and oxygen atoms in total. The molecule has 0 saturated carbocycles. The van der Waals surface area contributed by atoms with E-state index in [1.807, 2.05) is 16.3 Å². The molecule has 3 rings (SSSR count). The molecule has 0 radical (unpaired) electrons. The number of amides is 2. The van der Waals surface area contributed by atoms with Crippen LogP contribution in [-0.2, 0) is 19.4 Å². The van der Waals surface area contributed by atoms with E-state index in [9.17, 15) is 4.79 Å². The summed E-state index contributed by atoms with van der Waals surface area (Å²) in [6, 6.07) is 1.95. The average molecular weight is 334 g/mol. The molecular formula is C16H22N4O2S. The lowest BCUT2D eigenvalue weighted by atomic mass is 9.93. The molecule has 1 atom stereocenters. The Morgan fingerprint density at radius 2 is 2.43 bits per heavy atom. The first-order valence-corrected chi connectivity index (χ1v) is 8.93. The molecule has 2 heterocycles. The molecule has 0 aliphatic heterocycles. The molecule has 0 aromatic carbocycles. The Kier molecular flexibility index (Phi) is 5.30. The first kappa shape index (κ1) is 16.0. The summed E-state index contributed by atoms with van der Waals surface area (Å²) in [4.78, 5) is 12.1. The van der Waals surface area contributed by atoms with Gasteiger partial charge in [0, 0.05) is 17.8 Å². The predicted molar refractivity (Wildman–Crippen MR) is 89.5 cm³/mol. The fourth-order valence-corrected chi connectivity index (χ4v) is 3.72. The van der Waals surface area contributed by atoms with Gasteiger partial charge in [-0.15, -0.1) is 0 Å². The molecule has 0 spiro atoms. The van der Waals surface area contributed by atoms with Gasteiger partial charge in [0.2, 0.25) is 0 Å². The molecule has 1 aliphatic rings. The maximum atomic E-state index is 12.1. The van der Waals surface area contributed by atoms with Crippen LogP contribution in [0.5, 0.6) is 0 Å². The number of fused-ring (bicyclic) bond motifs is 1. The molecule has 0 saturated heterocycles. The van der Waals surface area contributed by atoms with Crippen molar-refractivity contribution in [3.05, 3.63) is 39.8 Å². The van der Waals surface area contributed by atoms with E-state index in [4.69, 9.17) is 5.11 Å². The Morgan fingerprint density at radius 3 is 3.22 bits per heavy atom. The Morgan fingerprint density at radius 1 is 1.52 bits per heavy atom. The van der Waals surface area contributed by atoms with Gasteiger partial charge < -0.3 is 15.7 Å². The third-order valence-corrected chi connectivity index (χ3v) is 4.89. The summed E-state index contributed by atoms with van der Waals surface area (Å²) in [5.41, 5.74) is 3.46. The maximum absolute atomic E-state index is 12.1. The van der Waals surface area contributed by atoms with Crippen LogP contribution in [0.4, 0.5) is 4.79 Å². The third kappa shape index (κ3) is 3.92. The number of thiophene rings is 1. The second kappa shape index (κ2) is 7.61. The van der Waals surface area contributed by atoms with Gasteiger partial charge in [0.05, 0.1) is 25.4 Å². The number of urea groups is 1. The van der Waals surface area contributed by atoms with Crippen molar-refractivity contribution >= 4 is 17.4 Å². The Hall–Kier alpha value is -1.86. The van der Waals surface area contributed by atoms with Gasteiger partial charge in [-0.3, -0.25) is 4.68 Å². The highest BCUT2D eigenvalue weighted by Gasteiger charge is 2.25. The van der Waals surface area contributed by atoms with Crippen LogP contribution in [0.2, 0.25) is 0 Å². The summed E-state index contributed by atoms with van der Waals surface area (Å²) in [6.45, 7) is 1.22. The highest BCUT2D eigenvalue weighted by molar-refractivity contribution is 7.07. The number of rotatable bonds is 6. The predicted octanol–water partition coefficient (Wildman–Crippen LogP) is 1.86. The van der Waals surface area contributed by atoms with E-state index in [-0.39, 0.29) is 18.7 Å². The number of aliphatic hydroxyl groups excluding tert-OH is 1. The normalized spacial score (nSPS) is 16.8. The van der Waals surface area contributed by atoms with E-state index in [1.54, 1.807) is 11.3 Å². The van der Waals surface area contributed by atoms with E-state index < -0.39 is 0 Å². The van der Waals surface area contributed by atoms with E-state index >= 15 is 0 Å². The molecule has 1 aliphatic carbocycles. The number of hydrogen-bond acceptors (Lipinski definition) is 4. The Labute approximate surface area is 139 Å². The lowest BCUT2D eigenvalue weighted by molar-refractivity contribution is 0.235. The minimum absolute atomic E-state index is 0.00680. The van der Waals surface area contributed by atoms with Crippen molar-refractivity contribution in [2.75, 3.05) is 13.2 Å². The molecule has 3 N–H and O–H groups in total. The number of aliphatic hydroxyl groups is 1. The zero-order valence-electron chi connectivity index (χ0n) is 13.0. The number of aromatic nitrogens is 2. The lowest BCUT2D eigenvalue weighted by Crippen LogP contribution is -2.39. The molecule has 7 heteroatoms. The molecule has 0 fully saturated rings. The van der Waals surface area contributed by atoms with Crippen LogP contribution in [0.15, 0.2) is 23.0 Å². The zero-order valence-corrected chi connectivity index (χ0v) is 13.8. The van der Waals surface area contributed by atoms with Crippen molar-refractivity contribution in [3.8, 4) is 0 Å². The average Bonchev–Trinajstić information content (AvgIpc) is 3.19. The quantitative estimate of drug-likeness (QED) is 0.754. The fourth-order valence-electron chi connectivity index (χ4n) is 3.02. The largest absolute Gasteiger partial charge is 0.394 e. The molecule has 23 heavy (non-hydrogen) atoms. The van der Waals surface area contributed by atoms with Gasteiger partial charge in [0.1, 0.15) is 0 Å². The second-order valence-corrected chi connectivity index (χ2v) is 6.50. The van der Waals surface area contributed by atoms with Crippen LogP contribution in [0.25, 0.3) is 0 Å². The summed E-state index contributed by atoms with van der Waals surface area (Å²) in [5.74, 6) is 0. The van der Waals surface area contributed by atoms with Crippen molar-refractivity contribution in [2.24, 2.45) is 0 Å². The summed E-state index contributed by atoms with van der Waals surface area (Å²) in [5, 5.41) is 23.5. The Bertz CT molecular complexity index is 639. The van der Waals surface area contributed by atoms with Crippen LogP contribution in [0.1, 0.15) is 35.7 Å². The minimum atomic E-state index is -0.131. The van der Waals surface area contributed by atoms with E-state index in [2.05, 4.69) is 27.2 Å². The number of carbonyl (C=O) groups is 1. The van der Waals surface area contributed by atoms with Gasteiger partial charge in [-0.25, -0.2) is 4.79 Å². The van der Waals surface area contributed by atoms with E-state index in [1.165, 1.54) is 5.56 Å². The van der Waals surface area contributed by atoms with Crippen molar-refractivity contribution in [1.82, 2.24) is 20.4 Å². The summed E-state index contributed by atoms with van der Waals surface area (Å²) in [6.07, 6.45) is 5.56. The number of nitrogens with zero attached hydrogens (tertiary/aromatic N) is 2. The van der Waals surface area contributed by atoms with Gasteiger partial charge in [-0.1, -0.05) is 0 Å². The highest BCUT2D eigenvalue weighted by atomic mass is 32.1. The summed E-state index contributed by atoms with van der Waals surface area (Å²) >= 11 is 1.67. The van der Waals surface area contributed by atoms with Gasteiger partial charge in [0.25, 0.3) is 0 Å². The highest BCUT2D eigenvalue weighted by Crippen LogP contribution is 2.29. The van der Waals surface area contributed by atoms with Crippen molar-refractivity contribution in [3.63, 3.8) is 0 Å². The summed E-state index contributed by atoms with van der Waals surface area (Å²) < 4.78 is 1.84.